The van der Waals surface area contributed by atoms with Gasteiger partial charge in [-0.1, -0.05) is 31.5 Å². The number of pyridine rings is 1. The van der Waals surface area contributed by atoms with E-state index in [1.165, 1.54) is 0 Å². The fourth-order valence-electron chi connectivity index (χ4n) is 3.46. The maximum Gasteiger partial charge on any atom is 0.272 e. The molecule has 5 nitrogen and oxygen atoms in total. The van der Waals surface area contributed by atoms with E-state index in [9.17, 15) is 4.79 Å². The number of hydrazone groups is 1. The van der Waals surface area contributed by atoms with Gasteiger partial charge in [-0.25, -0.2) is 10.4 Å². The molecule has 0 unspecified atom stereocenters. The summed E-state index contributed by atoms with van der Waals surface area (Å²) in [6.45, 7) is 2.20. The fraction of sp³-hybridized carbons (Fsp3) is 0.286. The van der Waals surface area contributed by atoms with Gasteiger partial charge in [0.25, 0.3) is 5.91 Å². The predicted octanol–water partition coefficient (Wildman–Crippen LogP) is 4.79. The van der Waals surface area contributed by atoms with E-state index in [0.29, 0.717) is 22.9 Å². The highest BCUT2D eigenvalue weighted by Gasteiger charge is 2.20. The molecule has 132 valence electrons. The van der Waals surface area contributed by atoms with Gasteiger partial charge in [0, 0.05) is 11.1 Å². The highest BCUT2D eigenvalue weighted by atomic mass is 16.3. The van der Waals surface area contributed by atoms with Crippen molar-refractivity contribution in [3.05, 3.63) is 54.3 Å². The summed E-state index contributed by atoms with van der Waals surface area (Å²) < 4.78 is 5.45. The first kappa shape index (κ1) is 16.5. The third-order valence-corrected chi connectivity index (χ3v) is 4.99. The predicted molar refractivity (Wildman–Crippen MR) is 102 cm³/mol. The van der Waals surface area contributed by atoms with E-state index in [0.717, 1.165) is 42.3 Å². The summed E-state index contributed by atoms with van der Waals surface area (Å²) in [5.41, 5.74) is 5.76. The summed E-state index contributed by atoms with van der Waals surface area (Å²) in [5.74, 6) is 1.11. The molecule has 4 rings (SSSR count). The molecular weight excluding hydrogens is 326 g/mol. The minimum atomic E-state index is -0.219. The van der Waals surface area contributed by atoms with Crippen LogP contribution < -0.4 is 5.43 Å². The van der Waals surface area contributed by atoms with Crippen LogP contribution in [0.2, 0.25) is 0 Å². The third-order valence-electron chi connectivity index (χ3n) is 4.99. The maximum absolute atomic E-state index is 12.8. The molecule has 3 aromatic rings. The Labute approximate surface area is 152 Å². The van der Waals surface area contributed by atoms with Crippen LogP contribution in [0.3, 0.4) is 0 Å². The van der Waals surface area contributed by atoms with Gasteiger partial charge in [0.1, 0.15) is 5.69 Å². The molecule has 2 aromatic heterocycles. The Bertz CT molecular complexity index is 961. The average Bonchev–Trinajstić information content (AvgIpc) is 3.37. The number of nitrogens with one attached hydrogen (secondary N) is 1. The molecule has 1 N–H and O–H groups in total. The topological polar surface area (TPSA) is 67.5 Å². The number of furan rings is 1. The Balaban J connectivity index is 1.66. The number of carbonyl (C=O) groups is 1. The molecule has 1 aliphatic carbocycles. The standard InChI is InChI=1S/C21H21N3O2/c1-2-14-9-10-15(12-14)23-24-21(25)17-13-19(20-8-5-11-26-20)22-18-7-4-3-6-16(17)18/h3-8,11,13-14H,2,9-10,12H2,1H3,(H,24,25)/t14-/m1/s1. The van der Waals surface area contributed by atoms with Gasteiger partial charge < -0.3 is 4.42 Å². The molecule has 0 radical (unpaired) electrons. The smallest absolute Gasteiger partial charge is 0.272 e. The Kier molecular flexibility index (Phi) is 4.52. The number of hydrogen-bond donors (Lipinski definition) is 1. The summed E-state index contributed by atoms with van der Waals surface area (Å²) in [4.78, 5) is 17.4. The van der Waals surface area contributed by atoms with Gasteiger partial charge in [-0.05, 0) is 49.4 Å². The summed E-state index contributed by atoms with van der Waals surface area (Å²) in [6.07, 6.45) is 5.86. The number of benzene rings is 1. The number of fused-ring (bicyclic) bond motifs is 1. The van der Waals surface area contributed by atoms with Gasteiger partial charge >= 0.3 is 0 Å². The van der Waals surface area contributed by atoms with Crippen molar-refractivity contribution in [3.8, 4) is 11.5 Å². The summed E-state index contributed by atoms with van der Waals surface area (Å²) in [7, 11) is 0. The fourth-order valence-corrected chi connectivity index (χ4v) is 3.46. The summed E-state index contributed by atoms with van der Waals surface area (Å²) in [6, 6.07) is 13.0. The van der Waals surface area contributed by atoms with Gasteiger partial charge in [0.05, 0.1) is 17.3 Å². The van der Waals surface area contributed by atoms with Gasteiger partial charge in [-0.3, -0.25) is 4.79 Å². The Morgan fingerprint density at radius 1 is 1.31 bits per heavy atom. The lowest BCUT2D eigenvalue weighted by atomic mass is 10.1. The van der Waals surface area contributed by atoms with Crippen LogP contribution in [0.5, 0.6) is 0 Å². The Morgan fingerprint density at radius 2 is 2.19 bits per heavy atom. The molecule has 5 heteroatoms. The second kappa shape index (κ2) is 7.12. The number of nitrogens with zero attached hydrogens (tertiary/aromatic N) is 2. The number of amides is 1. The van der Waals surface area contributed by atoms with Gasteiger partial charge in [-0.2, -0.15) is 5.10 Å². The molecular formula is C21H21N3O2. The summed E-state index contributed by atoms with van der Waals surface area (Å²) in [5, 5.41) is 5.17. The number of para-hydroxylation sites is 1. The van der Waals surface area contributed by atoms with E-state index in [2.05, 4.69) is 22.4 Å². The lowest BCUT2D eigenvalue weighted by Crippen LogP contribution is -2.20. The van der Waals surface area contributed by atoms with E-state index in [1.54, 1.807) is 12.3 Å². The van der Waals surface area contributed by atoms with Crippen LogP contribution in [-0.2, 0) is 0 Å². The second-order valence-corrected chi connectivity index (χ2v) is 6.69. The van der Waals surface area contributed by atoms with Crippen LogP contribution in [0.4, 0.5) is 0 Å². The Hall–Kier alpha value is -2.95. The van der Waals surface area contributed by atoms with E-state index in [-0.39, 0.29) is 5.91 Å². The van der Waals surface area contributed by atoms with E-state index < -0.39 is 0 Å². The quantitative estimate of drug-likeness (QED) is 0.690. The minimum absolute atomic E-state index is 0.219. The van der Waals surface area contributed by atoms with Crippen LogP contribution in [-0.4, -0.2) is 16.6 Å². The van der Waals surface area contributed by atoms with Crippen LogP contribution in [0, 0.1) is 5.92 Å². The largest absolute Gasteiger partial charge is 0.463 e. The maximum atomic E-state index is 12.8. The molecule has 0 bridgehead atoms. The highest BCUT2D eigenvalue weighted by molar-refractivity contribution is 6.07. The molecule has 1 aromatic carbocycles. The lowest BCUT2D eigenvalue weighted by molar-refractivity contribution is 0.0956. The van der Waals surface area contributed by atoms with Gasteiger partial charge in [-0.15, -0.1) is 0 Å². The molecule has 1 amide bonds. The van der Waals surface area contributed by atoms with Crippen molar-refractivity contribution >= 4 is 22.5 Å². The SMILES string of the molecule is CC[C@@H]1CCC(=NNC(=O)c2cc(-c3ccco3)nc3ccccc23)C1. The van der Waals surface area contributed by atoms with Crippen molar-refractivity contribution in [3.63, 3.8) is 0 Å². The molecule has 2 heterocycles. The first-order chi connectivity index (χ1) is 12.7. The molecule has 1 atom stereocenters. The van der Waals surface area contributed by atoms with E-state index >= 15 is 0 Å². The zero-order chi connectivity index (χ0) is 17.9. The third kappa shape index (κ3) is 3.25. The molecule has 1 saturated carbocycles. The number of hydrogen-bond acceptors (Lipinski definition) is 4. The zero-order valence-electron chi connectivity index (χ0n) is 14.7. The highest BCUT2D eigenvalue weighted by Crippen LogP contribution is 2.26. The molecule has 0 spiro atoms. The van der Waals surface area contributed by atoms with Crippen LogP contribution in [0.25, 0.3) is 22.4 Å². The molecule has 1 fully saturated rings. The number of aromatic nitrogens is 1. The number of carbonyl (C=O) groups excluding carboxylic acids is 1. The molecule has 0 aliphatic heterocycles. The average molecular weight is 347 g/mol. The van der Waals surface area contributed by atoms with Crippen molar-refractivity contribution in [2.75, 3.05) is 0 Å². The van der Waals surface area contributed by atoms with Crippen molar-refractivity contribution < 1.29 is 9.21 Å². The molecule has 0 saturated heterocycles. The summed E-state index contributed by atoms with van der Waals surface area (Å²) >= 11 is 0. The van der Waals surface area contributed by atoms with Crippen LogP contribution in [0.15, 0.2) is 58.2 Å². The van der Waals surface area contributed by atoms with Gasteiger partial charge in [0.15, 0.2) is 5.76 Å². The van der Waals surface area contributed by atoms with Crippen LogP contribution in [0.1, 0.15) is 43.0 Å². The van der Waals surface area contributed by atoms with Crippen molar-refractivity contribution in [1.82, 2.24) is 10.4 Å². The zero-order valence-corrected chi connectivity index (χ0v) is 14.7. The Morgan fingerprint density at radius 3 is 2.96 bits per heavy atom. The minimum Gasteiger partial charge on any atom is -0.463 e. The van der Waals surface area contributed by atoms with E-state index in [1.807, 2.05) is 36.4 Å². The van der Waals surface area contributed by atoms with Gasteiger partial charge in [0.2, 0.25) is 0 Å². The van der Waals surface area contributed by atoms with Crippen LogP contribution >= 0.6 is 0 Å². The van der Waals surface area contributed by atoms with Crippen molar-refractivity contribution in [2.45, 2.75) is 32.6 Å². The molecule has 26 heavy (non-hydrogen) atoms. The van der Waals surface area contributed by atoms with E-state index in [4.69, 9.17) is 4.42 Å². The normalized spacial score (nSPS) is 18.5. The second-order valence-electron chi connectivity index (χ2n) is 6.69. The first-order valence-corrected chi connectivity index (χ1v) is 9.04. The molecule has 1 aliphatic rings. The monoisotopic (exact) mass is 347 g/mol. The first-order valence-electron chi connectivity index (χ1n) is 9.04. The van der Waals surface area contributed by atoms with Crippen molar-refractivity contribution in [2.24, 2.45) is 11.0 Å². The van der Waals surface area contributed by atoms with Crippen molar-refractivity contribution in [1.29, 1.82) is 0 Å². The number of rotatable bonds is 4. The lowest BCUT2D eigenvalue weighted by Gasteiger charge is -2.08.